The van der Waals surface area contributed by atoms with Crippen LogP contribution < -0.4 is 0 Å². The van der Waals surface area contributed by atoms with Gasteiger partial charge in [-0.1, -0.05) is 15.9 Å². The number of rotatable bonds is 4. The molecule has 0 spiro atoms. The topological polar surface area (TPSA) is 104 Å². The fourth-order valence-corrected chi connectivity index (χ4v) is 1.54. The molecular weight excluding hydrogens is 282 g/mol. The molecule has 0 fully saturated rings. The fraction of sp³-hybridized carbons (Fsp3) is 0.333. The second kappa shape index (κ2) is 5.24. The van der Waals surface area contributed by atoms with Crippen molar-refractivity contribution < 1.29 is 20.2 Å². The van der Waals surface area contributed by atoms with E-state index in [1.54, 1.807) is 0 Å². The minimum Gasteiger partial charge on any atom is -0.508 e. The molecule has 0 aliphatic carbocycles. The van der Waals surface area contributed by atoms with E-state index in [-0.39, 0.29) is 22.3 Å². The lowest BCUT2D eigenvalue weighted by molar-refractivity contribution is -0.385. The molecule has 0 saturated heterocycles. The van der Waals surface area contributed by atoms with E-state index in [1.165, 1.54) is 0 Å². The van der Waals surface area contributed by atoms with E-state index in [2.05, 4.69) is 15.9 Å². The van der Waals surface area contributed by atoms with Crippen LogP contribution in [-0.2, 0) is 0 Å². The van der Waals surface area contributed by atoms with Gasteiger partial charge in [0.2, 0.25) is 0 Å². The first-order valence-corrected chi connectivity index (χ1v) is 5.49. The highest BCUT2D eigenvalue weighted by atomic mass is 79.9. The van der Waals surface area contributed by atoms with Gasteiger partial charge in [-0.3, -0.25) is 10.1 Å². The largest absolute Gasteiger partial charge is 0.508 e. The van der Waals surface area contributed by atoms with Crippen LogP contribution in [0.5, 0.6) is 5.75 Å². The summed E-state index contributed by atoms with van der Waals surface area (Å²) in [4.78, 5) is 9.85. The molecule has 0 aliphatic heterocycles. The molecule has 1 aromatic rings. The standard InChI is InChI=1S/C9H10BrNO5/c10-4-8(13)9(14)6-3-5(11(15)16)1-2-7(6)12/h1-3,8-9,12-14H,4H2. The summed E-state index contributed by atoms with van der Waals surface area (Å²) in [6.45, 7) is 0. The molecule has 2 unspecified atom stereocenters. The number of hydrogen-bond acceptors (Lipinski definition) is 5. The lowest BCUT2D eigenvalue weighted by Gasteiger charge is -2.16. The van der Waals surface area contributed by atoms with Gasteiger partial charge in [0.25, 0.3) is 5.69 Å². The fourth-order valence-electron chi connectivity index (χ4n) is 1.18. The smallest absolute Gasteiger partial charge is 0.270 e. The third kappa shape index (κ3) is 2.69. The lowest BCUT2D eigenvalue weighted by atomic mass is 10.0. The normalized spacial score (nSPS) is 14.4. The molecule has 0 saturated carbocycles. The molecule has 88 valence electrons. The Morgan fingerprint density at radius 3 is 2.56 bits per heavy atom. The Labute approximate surface area is 99.4 Å². The molecule has 1 rings (SSSR count). The van der Waals surface area contributed by atoms with Crippen LogP contribution in [0.4, 0.5) is 5.69 Å². The highest BCUT2D eigenvalue weighted by Crippen LogP contribution is 2.30. The summed E-state index contributed by atoms with van der Waals surface area (Å²) < 4.78 is 0. The van der Waals surface area contributed by atoms with Crippen LogP contribution in [0, 0.1) is 10.1 Å². The number of nitro benzene ring substituents is 1. The van der Waals surface area contributed by atoms with E-state index >= 15 is 0 Å². The van der Waals surface area contributed by atoms with Crippen molar-refractivity contribution in [1.29, 1.82) is 0 Å². The third-order valence-electron chi connectivity index (χ3n) is 2.06. The van der Waals surface area contributed by atoms with E-state index in [4.69, 9.17) is 0 Å². The zero-order valence-corrected chi connectivity index (χ0v) is 9.66. The summed E-state index contributed by atoms with van der Waals surface area (Å²) >= 11 is 2.96. The first-order valence-electron chi connectivity index (χ1n) is 4.36. The monoisotopic (exact) mass is 291 g/mol. The van der Waals surface area contributed by atoms with Crippen molar-refractivity contribution in [2.75, 3.05) is 5.33 Å². The number of hydrogen-bond donors (Lipinski definition) is 3. The van der Waals surface area contributed by atoms with Crippen LogP contribution in [0.1, 0.15) is 11.7 Å². The minimum atomic E-state index is -1.38. The van der Waals surface area contributed by atoms with Crippen molar-refractivity contribution in [2.45, 2.75) is 12.2 Å². The van der Waals surface area contributed by atoms with Gasteiger partial charge >= 0.3 is 0 Å². The van der Waals surface area contributed by atoms with Crippen LogP contribution in [-0.4, -0.2) is 31.7 Å². The Morgan fingerprint density at radius 1 is 1.44 bits per heavy atom. The number of nitro groups is 1. The zero-order chi connectivity index (χ0) is 12.3. The van der Waals surface area contributed by atoms with Crippen molar-refractivity contribution in [3.63, 3.8) is 0 Å². The van der Waals surface area contributed by atoms with Crippen LogP contribution in [0.15, 0.2) is 18.2 Å². The third-order valence-corrected chi connectivity index (χ3v) is 2.73. The van der Waals surface area contributed by atoms with Gasteiger partial charge in [-0.15, -0.1) is 0 Å². The summed E-state index contributed by atoms with van der Waals surface area (Å²) in [6.07, 6.45) is -2.52. The summed E-state index contributed by atoms with van der Waals surface area (Å²) in [6, 6.07) is 3.26. The Bertz CT molecular complexity index is 397. The molecular formula is C9H10BrNO5. The summed E-state index contributed by atoms with van der Waals surface area (Å²) in [5.74, 6) is -0.293. The van der Waals surface area contributed by atoms with Gasteiger partial charge in [0.15, 0.2) is 0 Å². The SMILES string of the molecule is O=[N+]([O-])c1ccc(O)c(C(O)C(O)CBr)c1. The highest BCUT2D eigenvalue weighted by molar-refractivity contribution is 9.09. The second-order valence-electron chi connectivity index (χ2n) is 3.17. The van der Waals surface area contributed by atoms with Gasteiger partial charge in [-0.05, 0) is 6.07 Å². The average Bonchev–Trinajstić information content (AvgIpc) is 2.27. The van der Waals surface area contributed by atoms with E-state index in [1.807, 2.05) is 0 Å². The predicted octanol–water partition coefficient (Wildman–Crippen LogP) is 1.09. The van der Waals surface area contributed by atoms with Gasteiger partial charge in [0, 0.05) is 23.0 Å². The molecule has 2 atom stereocenters. The van der Waals surface area contributed by atoms with E-state index in [0.717, 1.165) is 18.2 Å². The number of non-ortho nitro benzene ring substituents is 1. The maximum Gasteiger partial charge on any atom is 0.270 e. The molecule has 7 heteroatoms. The maximum atomic E-state index is 10.5. The zero-order valence-electron chi connectivity index (χ0n) is 8.08. The first-order chi connectivity index (χ1) is 7.47. The molecule has 0 amide bonds. The molecule has 0 bridgehead atoms. The van der Waals surface area contributed by atoms with Gasteiger partial charge < -0.3 is 15.3 Å². The Hall–Kier alpha value is -1.18. The lowest BCUT2D eigenvalue weighted by Crippen LogP contribution is -2.19. The predicted molar refractivity (Wildman–Crippen MR) is 59.5 cm³/mol. The summed E-state index contributed by atoms with van der Waals surface area (Å²) in [7, 11) is 0. The van der Waals surface area contributed by atoms with Gasteiger partial charge in [0.05, 0.1) is 11.0 Å². The van der Waals surface area contributed by atoms with Crippen LogP contribution in [0.2, 0.25) is 0 Å². The van der Waals surface area contributed by atoms with E-state index in [0.29, 0.717) is 0 Å². The van der Waals surface area contributed by atoms with Crippen molar-refractivity contribution >= 4 is 21.6 Å². The highest BCUT2D eigenvalue weighted by Gasteiger charge is 2.22. The average molecular weight is 292 g/mol. The van der Waals surface area contributed by atoms with Crippen molar-refractivity contribution in [1.82, 2.24) is 0 Å². The van der Waals surface area contributed by atoms with Crippen molar-refractivity contribution in [3.05, 3.63) is 33.9 Å². The summed E-state index contributed by atoms with van der Waals surface area (Å²) in [5.41, 5.74) is -0.324. The Balaban J connectivity index is 3.11. The van der Waals surface area contributed by atoms with Crippen molar-refractivity contribution in [3.8, 4) is 5.75 Å². The molecule has 3 N–H and O–H groups in total. The number of halogens is 1. The second-order valence-corrected chi connectivity index (χ2v) is 3.81. The summed E-state index contributed by atoms with van der Waals surface area (Å²) in [5, 5.41) is 39.0. The number of benzene rings is 1. The van der Waals surface area contributed by atoms with E-state index in [9.17, 15) is 25.4 Å². The Kier molecular flexibility index (Phi) is 4.22. The molecule has 0 heterocycles. The number of phenols is 1. The Morgan fingerprint density at radius 2 is 2.06 bits per heavy atom. The van der Waals surface area contributed by atoms with Crippen LogP contribution in [0.25, 0.3) is 0 Å². The number of alkyl halides is 1. The van der Waals surface area contributed by atoms with Gasteiger partial charge in [0.1, 0.15) is 11.9 Å². The van der Waals surface area contributed by atoms with Crippen LogP contribution in [0.3, 0.4) is 0 Å². The van der Waals surface area contributed by atoms with E-state index < -0.39 is 17.1 Å². The number of aliphatic hydroxyl groups excluding tert-OH is 2. The molecule has 16 heavy (non-hydrogen) atoms. The van der Waals surface area contributed by atoms with Gasteiger partial charge in [-0.25, -0.2) is 0 Å². The molecule has 0 radical (unpaired) electrons. The number of phenolic OH excluding ortho intramolecular Hbond substituents is 1. The number of aromatic hydroxyl groups is 1. The van der Waals surface area contributed by atoms with Crippen molar-refractivity contribution in [2.24, 2.45) is 0 Å². The quantitative estimate of drug-likeness (QED) is 0.438. The first kappa shape index (κ1) is 12.9. The molecule has 1 aromatic carbocycles. The van der Waals surface area contributed by atoms with Crippen LogP contribution >= 0.6 is 15.9 Å². The van der Waals surface area contributed by atoms with Gasteiger partial charge in [-0.2, -0.15) is 0 Å². The number of aliphatic hydroxyl groups is 2. The number of nitrogens with zero attached hydrogens (tertiary/aromatic N) is 1. The maximum absolute atomic E-state index is 10.5. The molecule has 6 nitrogen and oxygen atoms in total. The molecule has 0 aliphatic rings. The minimum absolute atomic E-state index is 0.0684. The molecule has 0 aromatic heterocycles.